The summed E-state index contributed by atoms with van der Waals surface area (Å²) in [7, 11) is 0. The summed E-state index contributed by atoms with van der Waals surface area (Å²) in [6, 6.07) is 22.0. The zero-order valence-corrected chi connectivity index (χ0v) is 12.4. The summed E-state index contributed by atoms with van der Waals surface area (Å²) in [5, 5.41) is 5.84. The van der Waals surface area contributed by atoms with E-state index in [2.05, 4.69) is 61.6 Å². The molecule has 104 valence electrons. The number of hydrogen-bond acceptors (Lipinski definition) is 1. The van der Waals surface area contributed by atoms with Gasteiger partial charge < -0.3 is 5.32 Å². The van der Waals surface area contributed by atoms with Crippen LogP contribution in [-0.4, -0.2) is 0 Å². The summed E-state index contributed by atoms with van der Waals surface area (Å²) < 4.78 is 9.17. The summed E-state index contributed by atoms with van der Waals surface area (Å²) in [6.07, 6.45) is 0. The molecule has 0 spiro atoms. The summed E-state index contributed by atoms with van der Waals surface area (Å²) >= 11 is 0. The predicted molar refractivity (Wildman–Crippen MR) is 89.8 cm³/mol. The van der Waals surface area contributed by atoms with E-state index in [4.69, 9.17) is 0 Å². The number of nitrogens with one attached hydrogen (secondary N) is 1. The van der Waals surface area contributed by atoms with Crippen LogP contribution in [0.25, 0.3) is 10.8 Å². The van der Waals surface area contributed by atoms with Crippen molar-refractivity contribution in [1.82, 2.24) is 0 Å². The Morgan fingerprint density at radius 2 is 1.62 bits per heavy atom. The maximum absolute atomic E-state index is 9.17. The van der Waals surface area contributed by atoms with E-state index < -0.39 is 6.02 Å². The highest BCUT2D eigenvalue weighted by Crippen LogP contribution is 2.48. The molecule has 1 aliphatic rings. The number of rotatable bonds is 1. The van der Waals surface area contributed by atoms with E-state index in [-0.39, 0.29) is 5.41 Å². The maximum atomic E-state index is 9.17. The van der Waals surface area contributed by atoms with E-state index in [1.807, 2.05) is 24.3 Å². The number of hydrogen-bond donors (Lipinski definition) is 1. The maximum Gasteiger partial charge on any atom is 0.0606 e. The monoisotopic (exact) mass is 274 g/mol. The van der Waals surface area contributed by atoms with Crippen LogP contribution in [0.15, 0.2) is 66.7 Å². The van der Waals surface area contributed by atoms with Crippen LogP contribution < -0.4 is 5.32 Å². The molecule has 3 aromatic carbocycles. The fraction of sp³-hybridized carbons (Fsp3) is 0.200. The van der Waals surface area contributed by atoms with Crippen molar-refractivity contribution in [2.24, 2.45) is 0 Å². The topological polar surface area (TPSA) is 12.0 Å². The molecule has 21 heavy (non-hydrogen) atoms. The first-order valence-electron chi connectivity index (χ1n) is 7.89. The first-order chi connectivity index (χ1) is 10.5. The molecule has 1 N–H and O–H groups in total. The second-order valence-corrected chi connectivity index (χ2v) is 6.23. The standard InChI is InChI=1S/C20H19N/c1-20(2)17-9-5-6-10-18(17)21-19(20)16-12-11-14-7-3-4-8-15(14)13-16/h3-13,19,21H,1-2H3/t19-/m0/s1/i19D. The van der Waals surface area contributed by atoms with Crippen molar-refractivity contribution >= 4 is 16.5 Å². The lowest BCUT2D eigenvalue weighted by atomic mass is 9.77. The molecule has 0 aromatic heterocycles. The summed E-state index contributed by atoms with van der Waals surface area (Å²) in [5.41, 5.74) is 2.98. The third-order valence-electron chi connectivity index (χ3n) is 4.52. The molecular weight excluding hydrogens is 254 g/mol. The molecule has 1 atom stereocenters. The number of benzene rings is 3. The van der Waals surface area contributed by atoms with Crippen LogP contribution in [0.4, 0.5) is 5.69 Å². The fourth-order valence-corrected chi connectivity index (χ4v) is 3.34. The summed E-state index contributed by atoms with van der Waals surface area (Å²) in [6.45, 7) is 4.29. The van der Waals surface area contributed by atoms with E-state index >= 15 is 0 Å². The van der Waals surface area contributed by atoms with Gasteiger partial charge in [-0.05, 0) is 34.0 Å². The first-order valence-corrected chi connectivity index (χ1v) is 7.39. The van der Waals surface area contributed by atoms with Crippen LogP contribution in [0.3, 0.4) is 0 Å². The van der Waals surface area contributed by atoms with Crippen LogP contribution in [-0.2, 0) is 5.41 Å². The summed E-state index contributed by atoms with van der Waals surface area (Å²) in [5.74, 6) is 0. The minimum absolute atomic E-state index is 0.300. The van der Waals surface area contributed by atoms with Crippen molar-refractivity contribution in [3.63, 3.8) is 0 Å². The van der Waals surface area contributed by atoms with Gasteiger partial charge in [-0.25, -0.2) is 0 Å². The first kappa shape index (κ1) is 11.4. The molecule has 0 amide bonds. The van der Waals surface area contributed by atoms with Gasteiger partial charge >= 0.3 is 0 Å². The Morgan fingerprint density at radius 1 is 0.905 bits per heavy atom. The van der Waals surface area contributed by atoms with Crippen LogP contribution in [0.2, 0.25) is 0 Å². The molecule has 0 radical (unpaired) electrons. The lowest BCUT2D eigenvalue weighted by molar-refractivity contribution is 0.474. The number of fused-ring (bicyclic) bond motifs is 2. The molecule has 1 aliphatic heterocycles. The Kier molecular flexibility index (Phi) is 2.36. The largest absolute Gasteiger partial charge is 0.377 e. The second kappa shape index (κ2) is 4.36. The highest BCUT2D eigenvalue weighted by atomic mass is 15.0. The van der Waals surface area contributed by atoms with Gasteiger partial charge in [0.2, 0.25) is 0 Å². The van der Waals surface area contributed by atoms with E-state index in [0.717, 1.165) is 11.3 Å². The molecule has 0 saturated heterocycles. The van der Waals surface area contributed by atoms with Gasteiger partial charge in [-0.15, -0.1) is 0 Å². The molecular formula is C20H19N. The van der Waals surface area contributed by atoms with Gasteiger partial charge in [0, 0.05) is 11.1 Å². The van der Waals surface area contributed by atoms with Crippen molar-refractivity contribution in [2.75, 3.05) is 5.32 Å². The third kappa shape index (κ3) is 1.84. The molecule has 1 heteroatoms. The van der Waals surface area contributed by atoms with Gasteiger partial charge in [0.25, 0.3) is 0 Å². The molecule has 0 fully saturated rings. The molecule has 4 rings (SSSR count). The van der Waals surface area contributed by atoms with E-state index in [1.165, 1.54) is 16.3 Å². The van der Waals surface area contributed by atoms with Crippen LogP contribution >= 0.6 is 0 Å². The highest BCUT2D eigenvalue weighted by Gasteiger charge is 2.39. The van der Waals surface area contributed by atoms with Crippen molar-refractivity contribution in [3.05, 3.63) is 77.9 Å². The summed E-state index contributed by atoms with van der Waals surface area (Å²) in [4.78, 5) is 0. The van der Waals surface area contributed by atoms with Crippen molar-refractivity contribution < 1.29 is 1.37 Å². The number of para-hydroxylation sites is 1. The van der Waals surface area contributed by atoms with Gasteiger partial charge in [-0.2, -0.15) is 0 Å². The zero-order chi connectivity index (χ0) is 15.4. The van der Waals surface area contributed by atoms with Gasteiger partial charge in [0.1, 0.15) is 0 Å². The van der Waals surface area contributed by atoms with Crippen molar-refractivity contribution in [3.8, 4) is 0 Å². The van der Waals surface area contributed by atoms with Gasteiger partial charge in [0.05, 0.1) is 7.39 Å². The zero-order valence-electron chi connectivity index (χ0n) is 13.4. The Balaban J connectivity index is 1.90. The van der Waals surface area contributed by atoms with Crippen LogP contribution in [0.5, 0.6) is 0 Å². The highest BCUT2D eigenvalue weighted by molar-refractivity contribution is 5.83. The lowest BCUT2D eigenvalue weighted by Crippen LogP contribution is -2.25. The molecule has 0 saturated carbocycles. The Morgan fingerprint density at radius 3 is 2.43 bits per heavy atom. The minimum atomic E-state index is -0.860. The molecule has 3 aromatic rings. The van der Waals surface area contributed by atoms with Gasteiger partial charge in [-0.3, -0.25) is 0 Å². The van der Waals surface area contributed by atoms with Crippen LogP contribution in [0, 0.1) is 0 Å². The Hall–Kier alpha value is -2.28. The van der Waals surface area contributed by atoms with E-state index in [9.17, 15) is 1.37 Å². The van der Waals surface area contributed by atoms with Crippen LogP contribution in [0.1, 0.15) is 32.4 Å². The smallest absolute Gasteiger partial charge is 0.0606 e. The molecule has 1 nitrogen and oxygen atoms in total. The van der Waals surface area contributed by atoms with E-state index in [1.54, 1.807) is 0 Å². The van der Waals surface area contributed by atoms with Gasteiger partial charge in [-0.1, -0.05) is 68.4 Å². The average molecular weight is 274 g/mol. The third-order valence-corrected chi connectivity index (χ3v) is 4.52. The average Bonchev–Trinajstić information content (AvgIpc) is 2.75. The van der Waals surface area contributed by atoms with E-state index in [0.29, 0.717) is 0 Å². The second-order valence-electron chi connectivity index (χ2n) is 6.23. The molecule has 0 aliphatic carbocycles. The van der Waals surface area contributed by atoms with Crippen molar-refractivity contribution in [2.45, 2.75) is 25.3 Å². The van der Waals surface area contributed by atoms with Gasteiger partial charge in [0.15, 0.2) is 0 Å². The lowest BCUT2D eigenvalue weighted by Gasteiger charge is -2.28. The SMILES string of the molecule is [2H][C@@]1(c2ccc3ccccc3c2)Nc2ccccc2C1(C)C. The fourth-order valence-electron chi connectivity index (χ4n) is 3.34. The minimum Gasteiger partial charge on any atom is -0.377 e. The Bertz CT molecular complexity index is 868. The molecule has 0 bridgehead atoms. The quantitative estimate of drug-likeness (QED) is 0.636. The van der Waals surface area contributed by atoms with Crippen molar-refractivity contribution in [1.29, 1.82) is 0 Å². The number of anilines is 1. The predicted octanol–water partition coefficient (Wildman–Crippen LogP) is 5.28. The molecule has 1 heterocycles. The normalized spacial score (nSPS) is 23.4. The molecule has 0 unspecified atom stereocenters. The Labute approximate surface area is 127 Å².